The van der Waals surface area contributed by atoms with Crippen LogP contribution in [0, 0.1) is 5.82 Å². The zero-order chi connectivity index (χ0) is 25.7. The number of fused-ring (bicyclic) bond motifs is 1. The van der Waals surface area contributed by atoms with Crippen molar-refractivity contribution in [2.45, 2.75) is 38.8 Å². The number of urea groups is 1. The molecule has 0 aliphatic carbocycles. The average molecular weight is 530 g/mol. The number of hydrogen-bond acceptors (Lipinski definition) is 4. The lowest BCUT2D eigenvalue weighted by Gasteiger charge is -2.38. The molecule has 1 aliphatic heterocycles. The minimum atomic E-state index is -0.354. The minimum absolute atomic E-state index is 0.0616. The monoisotopic (exact) mass is 529 g/mol. The van der Waals surface area contributed by atoms with Crippen molar-refractivity contribution in [1.82, 2.24) is 9.80 Å². The van der Waals surface area contributed by atoms with Crippen molar-refractivity contribution in [3.8, 4) is 5.75 Å². The number of nitrogens with zero attached hydrogens (tertiary/aromatic N) is 2. The van der Waals surface area contributed by atoms with Gasteiger partial charge in [-0.1, -0.05) is 24.6 Å². The van der Waals surface area contributed by atoms with Crippen molar-refractivity contribution in [3.63, 3.8) is 0 Å². The third kappa shape index (κ3) is 6.17. The maximum absolute atomic E-state index is 13.6. The Bertz CT molecular complexity index is 1200. The molecule has 190 valence electrons. The number of thiophene rings is 1. The van der Waals surface area contributed by atoms with Crippen LogP contribution in [0.2, 0.25) is 5.02 Å². The topological polar surface area (TPSA) is 61.9 Å². The van der Waals surface area contributed by atoms with E-state index in [1.165, 1.54) is 17.0 Å². The van der Waals surface area contributed by atoms with Crippen molar-refractivity contribution in [2.75, 3.05) is 25.0 Å². The SMILES string of the molecule is CC[C@@H](C)N(CC(=O)N1CCc2sccc2[C@H]1COc1ccc(F)cc1)C(=O)Nc1cccc(Cl)c1. The van der Waals surface area contributed by atoms with E-state index in [1.54, 1.807) is 57.5 Å². The third-order valence-electron chi connectivity index (χ3n) is 6.40. The first-order chi connectivity index (χ1) is 17.4. The Morgan fingerprint density at radius 1 is 1.25 bits per heavy atom. The van der Waals surface area contributed by atoms with Gasteiger partial charge in [-0.3, -0.25) is 4.79 Å². The second-order valence-corrected chi connectivity index (χ2v) is 10.2. The van der Waals surface area contributed by atoms with Crippen LogP contribution in [0.4, 0.5) is 14.9 Å². The second-order valence-electron chi connectivity index (χ2n) is 8.74. The van der Waals surface area contributed by atoms with Gasteiger partial charge in [0.25, 0.3) is 0 Å². The van der Waals surface area contributed by atoms with Gasteiger partial charge in [0.05, 0.1) is 6.04 Å². The molecule has 36 heavy (non-hydrogen) atoms. The molecule has 1 N–H and O–H groups in total. The normalized spacial score (nSPS) is 15.7. The van der Waals surface area contributed by atoms with Crippen molar-refractivity contribution in [1.29, 1.82) is 0 Å². The van der Waals surface area contributed by atoms with Crippen LogP contribution in [0.3, 0.4) is 0 Å². The van der Waals surface area contributed by atoms with Crippen LogP contribution < -0.4 is 10.1 Å². The van der Waals surface area contributed by atoms with E-state index in [4.69, 9.17) is 16.3 Å². The molecular formula is C27H29ClFN3O3S. The molecule has 1 aromatic heterocycles. The molecule has 6 nitrogen and oxygen atoms in total. The molecule has 0 radical (unpaired) electrons. The number of halogens is 2. The first-order valence-electron chi connectivity index (χ1n) is 11.9. The van der Waals surface area contributed by atoms with Gasteiger partial charge in [-0.15, -0.1) is 11.3 Å². The number of carbonyl (C=O) groups is 2. The zero-order valence-electron chi connectivity index (χ0n) is 20.2. The summed E-state index contributed by atoms with van der Waals surface area (Å²) in [6.45, 7) is 4.61. The predicted molar refractivity (Wildman–Crippen MR) is 141 cm³/mol. The average Bonchev–Trinajstić information content (AvgIpc) is 3.35. The fourth-order valence-corrected chi connectivity index (χ4v) is 5.35. The third-order valence-corrected chi connectivity index (χ3v) is 7.63. The standard InChI is InChI=1S/C27H29ClFN3O3S/c1-3-18(2)32(27(34)30-21-6-4-5-19(28)15-21)16-26(33)31-13-11-25-23(12-14-36-25)24(31)17-35-22-9-7-20(29)8-10-22/h4-10,12,14-15,18,24H,3,11,13,16-17H2,1-2H3,(H,30,34)/t18-,24-/m1/s1. The fourth-order valence-electron chi connectivity index (χ4n) is 4.23. The summed E-state index contributed by atoms with van der Waals surface area (Å²) in [4.78, 5) is 31.4. The number of rotatable bonds is 8. The number of carbonyl (C=O) groups excluding carboxylic acids is 2. The largest absolute Gasteiger partial charge is 0.491 e. The van der Waals surface area contributed by atoms with E-state index < -0.39 is 0 Å². The lowest BCUT2D eigenvalue weighted by molar-refractivity contribution is -0.135. The highest BCUT2D eigenvalue weighted by Crippen LogP contribution is 2.34. The van der Waals surface area contributed by atoms with E-state index >= 15 is 0 Å². The predicted octanol–water partition coefficient (Wildman–Crippen LogP) is 6.38. The molecule has 0 bridgehead atoms. The van der Waals surface area contributed by atoms with Crippen LogP contribution in [-0.2, 0) is 11.2 Å². The van der Waals surface area contributed by atoms with Gasteiger partial charge in [-0.25, -0.2) is 9.18 Å². The molecule has 9 heteroatoms. The van der Waals surface area contributed by atoms with Gasteiger partial charge >= 0.3 is 6.03 Å². The molecule has 3 amide bonds. The van der Waals surface area contributed by atoms with Crippen molar-refractivity contribution in [2.24, 2.45) is 0 Å². The Labute approximate surface area is 219 Å². The summed E-state index contributed by atoms with van der Waals surface area (Å²) >= 11 is 7.73. The molecule has 0 fully saturated rings. The summed E-state index contributed by atoms with van der Waals surface area (Å²) in [5.41, 5.74) is 1.62. The number of hydrogen-bond donors (Lipinski definition) is 1. The van der Waals surface area contributed by atoms with Gasteiger partial charge in [-0.2, -0.15) is 0 Å². The lowest BCUT2D eigenvalue weighted by atomic mass is 10.00. The highest BCUT2D eigenvalue weighted by atomic mass is 35.5. The molecule has 3 aromatic rings. The van der Waals surface area contributed by atoms with Crippen LogP contribution in [0.25, 0.3) is 0 Å². The number of amides is 3. The van der Waals surface area contributed by atoms with Gasteiger partial charge in [0.2, 0.25) is 5.91 Å². The summed E-state index contributed by atoms with van der Waals surface area (Å²) in [5, 5.41) is 5.40. The molecule has 0 saturated carbocycles. The van der Waals surface area contributed by atoms with E-state index in [1.807, 2.05) is 25.3 Å². The number of nitrogens with one attached hydrogen (secondary N) is 1. The first kappa shape index (κ1) is 26.0. The van der Waals surface area contributed by atoms with Gasteiger partial charge < -0.3 is 19.9 Å². The second kappa shape index (κ2) is 11.8. The van der Waals surface area contributed by atoms with Crippen LogP contribution in [0.5, 0.6) is 5.75 Å². The van der Waals surface area contributed by atoms with Gasteiger partial charge in [0.15, 0.2) is 0 Å². The molecule has 1 aliphatic rings. The van der Waals surface area contributed by atoms with Gasteiger partial charge in [0, 0.05) is 28.2 Å². The van der Waals surface area contributed by atoms with Crippen LogP contribution in [0.1, 0.15) is 36.8 Å². The summed E-state index contributed by atoms with van der Waals surface area (Å²) in [5.74, 6) is 0.0486. The number of benzene rings is 2. The maximum Gasteiger partial charge on any atom is 0.322 e. The minimum Gasteiger partial charge on any atom is -0.491 e. The summed E-state index contributed by atoms with van der Waals surface area (Å²) < 4.78 is 19.2. The highest BCUT2D eigenvalue weighted by molar-refractivity contribution is 7.10. The smallest absolute Gasteiger partial charge is 0.322 e. The highest BCUT2D eigenvalue weighted by Gasteiger charge is 2.34. The molecule has 4 rings (SSSR count). The lowest BCUT2D eigenvalue weighted by Crippen LogP contribution is -2.50. The Kier molecular flexibility index (Phi) is 8.48. The fraction of sp³-hybridized carbons (Fsp3) is 0.333. The van der Waals surface area contributed by atoms with Crippen molar-refractivity contribution in [3.05, 3.63) is 81.3 Å². The quantitative estimate of drug-likeness (QED) is 0.368. The Morgan fingerprint density at radius 2 is 2.03 bits per heavy atom. The molecule has 0 saturated heterocycles. The zero-order valence-corrected chi connectivity index (χ0v) is 21.8. The van der Waals surface area contributed by atoms with E-state index in [0.29, 0.717) is 29.4 Å². The summed E-state index contributed by atoms with van der Waals surface area (Å²) in [6.07, 6.45) is 1.45. The van der Waals surface area contributed by atoms with Crippen LogP contribution in [0.15, 0.2) is 60.0 Å². The Hall–Kier alpha value is -3.10. The first-order valence-corrected chi connectivity index (χ1v) is 13.2. The maximum atomic E-state index is 13.6. The number of anilines is 1. The summed E-state index contributed by atoms with van der Waals surface area (Å²) in [7, 11) is 0. The molecular weight excluding hydrogens is 501 g/mol. The van der Waals surface area contributed by atoms with E-state index in [-0.39, 0.29) is 43.0 Å². The molecule has 0 spiro atoms. The van der Waals surface area contributed by atoms with E-state index in [9.17, 15) is 14.0 Å². The Morgan fingerprint density at radius 3 is 2.75 bits per heavy atom. The molecule has 2 aromatic carbocycles. The Balaban J connectivity index is 1.50. The molecule has 2 heterocycles. The number of ether oxygens (including phenoxy) is 1. The van der Waals surface area contributed by atoms with Crippen LogP contribution in [-0.4, -0.2) is 47.5 Å². The van der Waals surface area contributed by atoms with Crippen LogP contribution >= 0.6 is 22.9 Å². The van der Waals surface area contributed by atoms with Gasteiger partial charge in [0.1, 0.15) is 24.7 Å². The van der Waals surface area contributed by atoms with Gasteiger partial charge in [-0.05, 0) is 79.2 Å². The molecule has 2 atom stereocenters. The summed E-state index contributed by atoms with van der Waals surface area (Å²) in [6, 6.07) is 14.0. The van der Waals surface area contributed by atoms with Crippen molar-refractivity contribution < 1.29 is 18.7 Å². The molecule has 0 unspecified atom stereocenters. The van der Waals surface area contributed by atoms with E-state index in [0.717, 1.165) is 12.0 Å². The van der Waals surface area contributed by atoms with E-state index in [2.05, 4.69) is 5.32 Å². The van der Waals surface area contributed by atoms with Crippen molar-refractivity contribution >= 4 is 40.6 Å².